The van der Waals surface area contributed by atoms with Crippen molar-refractivity contribution in [3.63, 3.8) is 0 Å². The standard InChI is InChI=1S/C24H19N3O2/c1-16(28)26-23-13-7-6-12-21(23)24(29)27-25-15-22-19-10-4-2-8-17(19)14-18-9-3-5-11-20(18)22/h2-15H,1H3,(H,26,28)(H,27,29)/b25-15+. The van der Waals surface area contributed by atoms with Crippen molar-refractivity contribution in [1.82, 2.24) is 5.43 Å². The minimum atomic E-state index is -0.393. The first-order valence-electron chi connectivity index (χ1n) is 9.24. The summed E-state index contributed by atoms with van der Waals surface area (Å²) in [6.45, 7) is 1.40. The number of fused-ring (bicyclic) bond motifs is 2. The number of benzene rings is 4. The van der Waals surface area contributed by atoms with Crippen LogP contribution in [-0.4, -0.2) is 18.0 Å². The fourth-order valence-electron chi connectivity index (χ4n) is 3.38. The summed E-state index contributed by atoms with van der Waals surface area (Å²) < 4.78 is 0. The molecule has 5 nitrogen and oxygen atoms in total. The second-order valence-corrected chi connectivity index (χ2v) is 6.66. The van der Waals surface area contributed by atoms with E-state index >= 15 is 0 Å². The molecule has 0 aliphatic carbocycles. The van der Waals surface area contributed by atoms with Gasteiger partial charge in [-0.25, -0.2) is 5.43 Å². The van der Waals surface area contributed by atoms with Gasteiger partial charge < -0.3 is 5.32 Å². The van der Waals surface area contributed by atoms with Crippen LogP contribution in [0.15, 0.2) is 84.0 Å². The van der Waals surface area contributed by atoms with Gasteiger partial charge in [0.15, 0.2) is 0 Å². The van der Waals surface area contributed by atoms with Crippen molar-refractivity contribution in [1.29, 1.82) is 0 Å². The Morgan fingerprint density at radius 2 is 1.41 bits per heavy atom. The molecule has 2 N–H and O–H groups in total. The van der Waals surface area contributed by atoms with E-state index in [9.17, 15) is 9.59 Å². The van der Waals surface area contributed by atoms with E-state index in [4.69, 9.17) is 0 Å². The lowest BCUT2D eigenvalue weighted by molar-refractivity contribution is -0.114. The van der Waals surface area contributed by atoms with E-state index in [0.717, 1.165) is 27.1 Å². The van der Waals surface area contributed by atoms with Gasteiger partial charge in [-0.2, -0.15) is 5.10 Å². The van der Waals surface area contributed by atoms with Gasteiger partial charge in [0.25, 0.3) is 5.91 Å². The monoisotopic (exact) mass is 381 g/mol. The predicted molar refractivity (Wildman–Crippen MR) is 117 cm³/mol. The second kappa shape index (κ2) is 7.94. The number of carbonyl (C=O) groups excluding carboxylic acids is 2. The number of nitrogens with one attached hydrogen (secondary N) is 2. The van der Waals surface area contributed by atoms with Crippen molar-refractivity contribution in [3.8, 4) is 0 Å². The van der Waals surface area contributed by atoms with E-state index < -0.39 is 5.91 Å². The predicted octanol–water partition coefficient (Wildman–Crippen LogP) is 4.72. The van der Waals surface area contributed by atoms with Crippen LogP contribution >= 0.6 is 0 Å². The zero-order valence-corrected chi connectivity index (χ0v) is 15.8. The Balaban J connectivity index is 1.67. The number of hydrogen-bond acceptors (Lipinski definition) is 3. The van der Waals surface area contributed by atoms with Crippen LogP contribution in [0.1, 0.15) is 22.8 Å². The van der Waals surface area contributed by atoms with E-state index in [-0.39, 0.29) is 5.91 Å². The van der Waals surface area contributed by atoms with Gasteiger partial charge in [0.05, 0.1) is 17.5 Å². The summed E-state index contributed by atoms with van der Waals surface area (Å²) in [6, 6.07) is 25.1. The van der Waals surface area contributed by atoms with Gasteiger partial charge in [0, 0.05) is 12.5 Å². The quantitative estimate of drug-likeness (QED) is 0.305. The Bertz CT molecular complexity index is 1210. The highest BCUT2D eigenvalue weighted by Crippen LogP contribution is 2.27. The maximum absolute atomic E-state index is 12.6. The number of nitrogens with zero attached hydrogens (tertiary/aromatic N) is 1. The molecule has 4 aromatic rings. The number of hydrogen-bond donors (Lipinski definition) is 2. The third-order valence-corrected chi connectivity index (χ3v) is 4.66. The van der Waals surface area contributed by atoms with Crippen LogP contribution in [0.25, 0.3) is 21.5 Å². The third-order valence-electron chi connectivity index (χ3n) is 4.66. The van der Waals surface area contributed by atoms with Crippen molar-refractivity contribution in [2.45, 2.75) is 6.92 Å². The largest absolute Gasteiger partial charge is 0.326 e. The normalized spacial score (nSPS) is 11.1. The number of anilines is 1. The Kier molecular flexibility index (Phi) is 5.03. The molecule has 142 valence electrons. The van der Waals surface area contributed by atoms with Gasteiger partial charge in [-0.05, 0) is 39.7 Å². The molecule has 0 saturated carbocycles. The topological polar surface area (TPSA) is 70.6 Å². The summed E-state index contributed by atoms with van der Waals surface area (Å²) in [7, 11) is 0. The molecule has 5 heteroatoms. The van der Waals surface area contributed by atoms with Gasteiger partial charge in [-0.3, -0.25) is 9.59 Å². The lowest BCUT2D eigenvalue weighted by atomic mass is 9.97. The molecular weight excluding hydrogens is 362 g/mol. The summed E-state index contributed by atoms with van der Waals surface area (Å²) in [5.74, 6) is -0.633. The van der Waals surface area contributed by atoms with Crippen molar-refractivity contribution >= 4 is 45.3 Å². The fraction of sp³-hybridized carbons (Fsp3) is 0.0417. The first-order valence-corrected chi connectivity index (χ1v) is 9.24. The molecule has 0 atom stereocenters. The molecule has 4 aromatic carbocycles. The van der Waals surface area contributed by atoms with Gasteiger partial charge in [0.2, 0.25) is 5.91 Å². The Morgan fingerprint density at radius 1 is 0.828 bits per heavy atom. The van der Waals surface area contributed by atoms with Crippen LogP contribution in [0.5, 0.6) is 0 Å². The number of carbonyl (C=O) groups is 2. The minimum Gasteiger partial charge on any atom is -0.326 e. The average Bonchev–Trinajstić information content (AvgIpc) is 2.73. The lowest BCUT2D eigenvalue weighted by Crippen LogP contribution is -2.20. The van der Waals surface area contributed by atoms with Crippen molar-refractivity contribution in [2.75, 3.05) is 5.32 Å². The zero-order chi connectivity index (χ0) is 20.2. The van der Waals surface area contributed by atoms with E-state index in [1.54, 1.807) is 30.5 Å². The molecule has 0 heterocycles. The van der Waals surface area contributed by atoms with Gasteiger partial charge >= 0.3 is 0 Å². The van der Waals surface area contributed by atoms with Gasteiger partial charge in [-0.1, -0.05) is 60.7 Å². The lowest BCUT2D eigenvalue weighted by Gasteiger charge is -2.09. The summed E-state index contributed by atoms with van der Waals surface area (Å²) in [6.07, 6.45) is 1.67. The summed E-state index contributed by atoms with van der Waals surface area (Å²) >= 11 is 0. The molecule has 4 rings (SSSR count). The summed E-state index contributed by atoms with van der Waals surface area (Å²) in [5, 5.41) is 11.2. The average molecular weight is 381 g/mol. The first kappa shape index (κ1) is 18.4. The Hall–Kier alpha value is -3.99. The molecule has 0 aliphatic heterocycles. The number of amides is 2. The summed E-state index contributed by atoms with van der Waals surface area (Å²) in [4.78, 5) is 24.0. The van der Waals surface area contributed by atoms with Crippen LogP contribution in [-0.2, 0) is 4.79 Å². The van der Waals surface area contributed by atoms with Crippen LogP contribution in [0.3, 0.4) is 0 Å². The fourth-order valence-corrected chi connectivity index (χ4v) is 3.38. The van der Waals surface area contributed by atoms with Crippen molar-refractivity contribution in [2.24, 2.45) is 5.10 Å². The number of para-hydroxylation sites is 1. The van der Waals surface area contributed by atoms with Crippen LogP contribution in [0.4, 0.5) is 5.69 Å². The molecule has 0 bridgehead atoms. The van der Waals surface area contributed by atoms with E-state index in [2.05, 4.69) is 34.0 Å². The molecular formula is C24H19N3O2. The van der Waals surface area contributed by atoms with E-state index in [0.29, 0.717) is 11.3 Å². The minimum absolute atomic E-state index is 0.240. The van der Waals surface area contributed by atoms with Gasteiger partial charge in [0.1, 0.15) is 0 Å². The maximum atomic E-state index is 12.6. The molecule has 2 amide bonds. The summed E-state index contributed by atoms with van der Waals surface area (Å²) in [5.41, 5.74) is 4.31. The molecule has 0 unspecified atom stereocenters. The van der Waals surface area contributed by atoms with E-state index in [1.165, 1.54) is 6.92 Å². The molecule has 29 heavy (non-hydrogen) atoms. The van der Waals surface area contributed by atoms with Crippen molar-refractivity contribution in [3.05, 3.63) is 90.0 Å². The van der Waals surface area contributed by atoms with Crippen LogP contribution in [0.2, 0.25) is 0 Å². The number of rotatable bonds is 4. The molecule has 0 saturated heterocycles. The Labute approximate surface area is 168 Å². The SMILES string of the molecule is CC(=O)Nc1ccccc1C(=O)N/N=C/c1c2ccccc2cc2ccccc12. The third kappa shape index (κ3) is 3.84. The zero-order valence-electron chi connectivity index (χ0n) is 15.8. The highest BCUT2D eigenvalue weighted by Gasteiger charge is 2.11. The van der Waals surface area contributed by atoms with E-state index in [1.807, 2.05) is 36.4 Å². The molecule has 0 spiro atoms. The van der Waals surface area contributed by atoms with Crippen LogP contribution < -0.4 is 10.7 Å². The van der Waals surface area contributed by atoms with Crippen molar-refractivity contribution < 1.29 is 9.59 Å². The molecule has 0 radical (unpaired) electrons. The highest BCUT2D eigenvalue weighted by molar-refractivity contribution is 6.13. The van der Waals surface area contributed by atoms with Crippen LogP contribution in [0, 0.1) is 0 Å². The molecule has 0 aromatic heterocycles. The second-order valence-electron chi connectivity index (χ2n) is 6.66. The molecule has 0 fully saturated rings. The Morgan fingerprint density at radius 3 is 2.07 bits per heavy atom. The van der Waals surface area contributed by atoms with Gasteiger partial charge in [-0.15, -0.1) is 0 Å². The number of hydrazone groups is 1. The smallest absolute Gasteiger partial charge is 0.273 e. The highest BCUT2D eigenvalue weighted by atomic mass is 16.2. The maximum Gasteiger partial charge on any atom is 0.273 e. The molecule has 0 aliphatic rings. The first-order chi connectivity index (χ1) is 14.1.